The van der Waals surface area contributed by atoms with Crippen LogP contribution in [0.4, 0.5) is 5.69 Å². The van der Waals surface area contributed by atoms with Gasteiger partial charge >= 0.3 is 5.97 Å². The van der Waals surface area contributed by atoms with E-state index in [-0.39, 0.29) is 11.3 Å². The first-order valence-electron chi connectivity index (χ1n) is 8.17. The maximum atomic E-state index is 12.6. The van der Waals surface area contributed by atoms with Crippen molar-refractivity contribution < 1.29 is 23.1 Å². The van der Waals surface area contributed by atoms with Crippen molar-refractivity contribution in [2.75, 3.05) is 11.0 Å². The van der Waals surface area contributed by atoms with E-state index in [4.69, 9.17) is 0 Å². The fourth-order valence-corrected chi connectivity index (χ4v) is 3.14. The Bertz CT molecular complexity index is 999. The highest BCUT2D eigenvalue weighted by molar-refractivity contribution is 7.92. The molecule has 0 aliphatic rings. The molecule has 2 rings (SSSR count). The van der Waals surface area contributed by atoms with E-state index in [1.54, 1.807) is 31.2 Å². The highest BCUT2D eigenvalue weighted by atomic mass is 32.2. The van der Waals surface area contributed by atoms with Crippen LogP contribution in [-0.4, -0.2) is 31.7 Å². The normalized spacial score (nSPS) is 12.3. The number of hydrogen-bond donors (Lipinski definition) is 3. The lowest BCUT2D eigenvalue weighted by atomic mass is 10.0. The molecule has 2 aromatic rings. The van der Waals surface area contributed by atoms with E-state index in [1.165, 1.54) is 12.1 Å². The zero-order chi connectivity index (χ0) is 20.4. The standard InChI is InChI=1S/C19H22N2O5S/c1-11-5-7-14(9-13(11)3)17(19(23)24)20-18(22)15-8-6-12(2)16(10-15)21-27(4,25)26/h5-10,17,21H,1-4H3,(H,20,22)(H,23,24). The fraction of sp³-hybridized carbons (Fsp3) is 0.263. The molecule has 0 saturated carbocycles. The lowest BCUT2D eigenvalue weighted by Gasteiger charge is -2.17. The first-order chi connectivity index (χ1) is 12.5. The van der Waals surface area contributed by atoms with E-state index >= 15 is 0 Å². The highest BCUT2D eigenvalue weighted by Gasteiger charge is 2.23. The lowest BCUT2D eigenvalue weighted by Crippen LogP contribution is -2.33. The summed E-state index contributed by atoms with van der Waals surface area (Å²) in [5.41, 5.74) is 3.46. The van der Waals surface area contributed by atoms with Gasteiger partial charge in [-0.1, -0.05) is 24.3 Å². The zero-order valence-corrected chi connectivity index (χ0v) is 16.3. The third-order valence-electron chi connectivity index (χ3n) is 4.18. The van der Waals surface area contributed by atoms with Gasteiger partial charge in [0.1, 0.15) is 0 Å². The molecule has 0 saturated heterocycles. The van der Waals surface area contributed by atoms with E-state index in [2.05, 4.69) is 10.0 Å². The van der Waals surface area contributed by atoms with Crippen LogP contribution in [0.5, 0.6) is 0 Å². The average Bonchev–Trinajstić information content (AvgIpc) is 2.55. The number of aliphatic carboxylic acids is 1. The Hall–Kier alpha value is -2.87. The molecule has 8 heteroatoms. The summed E-state index contributed by atoms with van der Waals surface area (Å²) in [4.78, 5) is 24.2. The molecule has 0 spiro atoms. The van der Waals surface area contributed by atoms with Crippen LogP contribution >= 0.6 is 0 Å². The molecule has 0 aliphatic carbocycles. The van der Waals surface area contributed by atoms with E-state index in [9.17, 15) is 23.1 Å². The minimum Gasteiger partial charge on any atom is -0.479 e. The molecular weight excluding hydrogens is 368 g/mol. The van der Waals surface area contributed by atoms with Crippen LogP contribution in [-0.2, 0) is 14.8 Å². The van der Waals surface area contributed by atoms with Crippen molar-refractivity contribution in [3.05, 3.63) is 64.2 Å². The summed E-state index contributed by atoms with van der Waals surface area (Å²) in [6.07, 6.45) is 1.01. The van der Waals surface area contributed by atoms with Gasteiger partial charge in [0, 0.05) is 5.56 Å². The van der Waals surface area contributed by atoms with Gasteiger partial charge in [0.25, 0.3) is 5.91 Å². The predicted molar refractivity (Wildman–Crippen MR) is 103 cm³/mol. The Labute approximate surface area is 158 Å². The molecule has 0 heterocycles. The number of carbonyl (C=O) groups excluding carboxylic acids is 1. The minimum absolute atomic E-state index is 0.154. The summed E-state index contributed by atoms with van der Waals surface area (Å²) >= 11 is 0. The number of sulfonamides is 1. The second kappa shape index (κ2) is 7.79. The monoisotopic (exact) mass is 390 g/mol. The predicted octanol–water partition coefficient (Wildman–Crippen LogP) is 2.54. The quantitative estimate of drug-likeness (QED) is 0.702. The molecule has 0 aliphatic heterocycles. The number of aryl methyl sites for hydroxylation is 3. The Kier molecular flexibility index (Phi) is 5.90. The number of hydrogen-bond acceptors (Lipinski definition) is 4. The third-order valence-corrected chi connectivity index (χ3v) is 4.77. The van der Waals surface area contributed by atoms with Gasteiger partial charge < -0.3 is 10.4 Å². The van der Waals surface area contributed by atoms with Crippen molar-refractivity contribution in [1.29, 1.82) is 0 Å². The number of benzene rings is 2. The minimum atomic E-state index is -3.51. The molecule has 0 fully saturated rings. The molecule has 2 aromatic carbocycles. The topological polar surface area (TPSA) is 113 Å². The Morgan fingerprint density at radius 1 is 0.963 bits per heavy atom. The molecule has 3 N–H and O–H groups in total. The van der Waals surface area contributed by atoms with Crippen LogP contribution in [0.3, 0.4) is 0 Å². The van der Waals surface area contributed by atoms with Crippen molar-refractivity contribution in [2.24, 2.45) is 0 Å². The number of carboxylic acid groups (broad SMARTS) is 1. The van der Waals surface area contributed by atoms with Crippen LogP contribution in [0.15, 0.2) is 36.4 Å². The van der Waals surface area contributed by atoms with Gasteiger partial charge in [0.05, 0.1) is 11.9 Å². The van der Waals surface area contributed by atoms with Gasteiger partial charge in [0.15, 0.2) is 6.04 Å². The van der Waals surface area contributed by atoms with E-state index in [1.807, 2.05) is 13.8 Å². The van der Waals surface area contributed by atoms with Crippen molar-refractivity contribution >= 4 is 27.6 Å². The number of carbonyl (C=O) groups is 2. The Balaban J connectivity index is 2.31. The molecule has 0 aromatic heterocycles. The average molecular weight is 390 g/mol. The van der Waals surface area contributed by atoms with Crippen LogP contribution < -0.4 is 10.0 Å². The lowest BCUT2D eigenvalue weighted by molar-refractivity contribution is -0.139. The summed E-state index contributed by atoms with van der Waals surface area (Å²) in [6.45, 7) is 5.48. The smallest absolute Gasteiger partial charge is 0.330 e. The van der Waals surface area contributed by atoms with E-state index < -0.39 is 27.9 Å². The first kappa shape index (κ1) is 20.4. The van der Waals surface area contributed by atoms with Crippen molar-refractivity contribution in [2.45, 2.75) is 26.8 Å². The Morgan fingerprint density at radius 3 is 2.15 bits per heavy atom. The summed E-state index contributed by atoms with van der Waals surface area (Å²) in [5.74, 6) is -1.80. The SMILES string of the molecule is Cc1ccc(C(NC(=O)c2ccc(C)c(NS(C)(=O)=O)c2)C(=O)O)cc1C. The maximum absolute atomic E-state index is 12.6. The van der Waals surface area contributed by atoms with Crippen molar-refractivity contribution in [1.82, 2.24) is 5.32 Å². The maximum Gasteiger partial charge on any atom is 0.330 e. The molecule has 0 radical (unpaired) electrons. The molecule has 27 heavy (non-hydrogen) atoms. The molecule has 144 valence electrons. The van der Waals surface area contributed by atoms with Crippen LogP contribution in [0.25, 0.3) is 0 Å². The number of anilines is 1. The molecule has 1 unspecified atom stereocenters. The van der Waals surface area contributed by atoms with Gasteiger partial charge in [-0.2, -0.15) is 0 Å². The Morgan fingerprint density at radius 2 is 1.59 bits per heavy atom. The van der Waals surface area contributed by atoms with Gasteiger partial charge in [0.2, 0.25) is 10.0 Å². The zero-order valence-electron chi connectivity index (χ0n) is 15.5. The molecule has 1 amide bonds. The molecule has 0 bridgehead atoms. The second-order valence-electron chi connectivity index (χ2n) is 6.49. The third kappa shape index (κ3) is 5.30. The van der Waals surface area contributed by atoms with Crippen molar-refractivity contribution in [3.63, 3.8) is 0 Å². The first-order valence-corrected chi connectivity index (χ1v) is 10.1. The molecule has 7 nitrogen and oxygen atoms in total. The summed E-state index contributed by atoms with van der Waals surface area (Å²) in [7, 11) is -3.51. The summed E-state index contributed by atoms with van der Waals surface area (Å²) in [6, 6.07) is 8.45. The number of nitrogens with one attached hydrogen (secondary N) is 2. The number of carboxylic acids is 1. The van der Waals surface area contributed by atoms with Gasteiger partial charge in [-0.05, 0) is 55.2 Å². The second-order valence-corrected chi connectivity index (χ2v) is 8.24. The largest absolute Gasteiger partial charge is 0.479 e. The van der Waals surface area contributed by atoms with E-state index in [0.29, 0.717) is 11.1 Å². The van der Waals surface area contributed by atoms with Gasteiger partial charge in [-0.25, -0.2) is 13.2 Å². The van der Waals surface area contributed by atoms with Crippen LogP contribution in [0.2, 0.25) is 0 Å². The van der Waals surface area contributed by atoms with Crippen LogP contribution in [0.1, 0.15) is 38.7 Å². The van der Waals surface area contributed by atoms with E-state index in [0.717, 1.165) is 17.4 Å². The van der Waals surface area contributed by atoms with Gasteiger partial charge in [-0.15, -0.1) is 0 Å². The summed E-state index contributed by atoms with van der Waals surface area (Å²) in [5, 5.41) is 12.0. The van der Waals surface area contributed by atoms with Crippen LogP contribution in [0, 0.1) is 20.8 Å². The van der Waals surface area contributed by atoms with Crippen molar-refractivity contribution in [3.8, 4) is 0 Å². The van der Waals surface area contributed by atoms with Gasteiger partial charge in [-0.3, -0.25) is 9.52 Å². The highest BCUT2D eigenvalue weighted by Crippen LogP contribution is 2.21. The fourth-order valence-electron chi connectivity index (χ4n) is 2.52. The number of amides is 1. The summed E-state index contributed by atoms with van der Waals surface area (Å²) < 4.78 is 25.3. The molecular formula is C19H22N2O5S. The molecule has 1 atom stereocenters. The number of rotatable bonds is 6.